The molecule has 0 N–H and O–H groups in total. The van der Waals surface area contributed by atoms with Gasteiger partial charge in [-0.05, 0) is 25.7 Å². The van der Waals surface area contributed by atoms with Gasteiger partial charge in [-0.2, -0.15) is 0 Å². The van der Waals surface area contributed by atoms with Crippen LogP contribution in [0.25, 0.3) is 0 Å². The molecule has 5 heteroatoms. The van der Waals surface area contributed by atoms with Gasteiger partial charge in [-0.3, -0.25) is 9.13 Å². The minimum atomic E-state index is -2.35. The first-order chi connectivity index (χ1) is 9.47. The van der Waals surface area contributed by atoms with Crippen molar-refractivity contribution < 1.29 is 8.85 Å². The zero-order valence-electron chi connectivity index (χ0n) is 13.6. The molecule has 3 aliphatic rings. The zero-order valence-corrected chi connectivity index (χ0v) is 14.6. The van der Waals surface area contributed by atoms with Crippen molar-refractivity contribution in [2.45, 2.75) is 78.0 Å². The van der Waals surface area contributed by atoms with Crippen LogP contribution >= 0.6 is 0 Å². The predicted molar refractivity (Wildman–Crippen MR) is 82.2 cm³/mol. The molecule has 3 rings (SSSR count). The third kappa shape index (κ3) is 2.10. The quantitative estimate of drug-likeness (QED) is 0.731. The van der Waals surface area contributed by atoms with E-state index in [-0.39, 0.29) is 0 Å². The summed E-state index contributed by atoms with van der Waals surface area (Å²) in [6.45, 7) is 13.3. The van der Waals surface area contributed by atoms with E-state index in [4.69, 9.17) is 8.85 Å². The molecule has 3 saturated heterocycles. The third-order valence-corrected chi connectivity index (χ3v) is 9.31. The Labute approximate surface area is 124 Å². The fourth-order valence-electron chi connectivity index (χ4n) is 4.34. The van der Waals surface area contributed by atoms with E-state index < -0.39 is 8.88 Å². The number of hydrogen-bond acceptors (Lipinski definition) is 4. The van der Waals surface area contributed by atoms with Crippen LogP contribution in [-0.4, -0.2) is 55.4 Å². The molecule has 0 aromatic carbocycles. The van der Waals surface area contributed by atoms with Crippen LogP contribution < -0.4 is 0 Å². The Morgan fingerprint density at radius 1 is 1.05 bits per heavy atom. The molecule has 0 aromatic heterocycles. The zero-order chi connectivity index (χ0) is 14.5. The summed E-state index contributed by atoms with van der Waals surface area (Å²) in [6.07, 6.45) is 3.91. The van der Waals surface area contributed by atoms with Crippen LogP contribution in [-0.2, 0) is 8.85 Å². The highest BCUT2D eigenvalue weighted by Gasteiger charge is 2.66. The van der Waals surface area contributed by atoms with Crippen molar-refractivity contribution in [2.24, 2.45) is 5.92 Å². The Morgan fingerprint density at radius 2 is 1.75 bits per heavy atom. The van der Waals surface area contributed by atoms with E-state index in [1.54, 1.807) is 0 Å². The fraction of sp³-hybridized carbons (Fsp3) is 1.00. The number of piperidine rings is 1. The Balaban J connectivity index is 1.94. The van der Waals surface area contributed by atoms with Crippen molar-refractivity contribution in [3.05, 3.63) is 0 Å². The van der Waals surface area contributed by atoms with Gasteiger partial charge < -0.3 is 8.85 Å². The second-order valence-corrected chi connectivity index (χ2v) is 10.0. The summed E-state index contributed by atoms with van der Waals surface area (Å²) in [6, 6.07) is 2.20. The molecule has 0 saturated carbocycles. The van der Waals surface area contributed by atoms with Gasteiger partial charge in [-0.15, -0.1) is 0 Å². The van der Waals surface area contributed by atoms with Gasteiger partial charge in [0.15, 0.2) is 0 Å². The van der Waals surface area contributed by atoms with E-state index in [0.717, 1.165) is 13.2 Å². The van der Waals surface area contributed by atoms with E-state index in [2.05, 4.69) is 43.7 Å². The van der Waals surface area contributed by atoms with Crippen LogP contribution in [0.15, 0.2) is 0 Å². The van der Waals surface area contributed by atoms with Crippen LogP contribution in [0, 0.1) is 5.92 Å². The van der Waals surface area contributed by atoms with E-state index in [9.17, 15) is 0 Å². The normalized spacial score (nSPS) is 43.0. The largest absolute Gasteiger partial charge is 0.523 e. The Kier molecular flexibility index (Phi) is 4.01. The lowest BCUT2D eigenvalue weighted by Crippen LogP contribution is -2.69. The van der Waals surface area contributed by atoms with Crippen LogP contribution in [0.1, 0.15) is 53.9 Å². The third-order valence-electron chi connectivity index (χ3n) is 5.27. The van der Waals surface area contributed by atoms with Crippen molar-refractivity contribution in [2.75, 3.05) is 13.2 Å². The van der Waals surface area contributed by atoms with Crippen molar-refractivity contribution in [3.8, 4) is 0 Å². The number of rotatable bonds is 2. The molecular formula is C15H30N2O2Si. The first kappa shape index (κ1) is 15.0. The summed E-state index contributed by atoms with van der Waals surface area (Å²) >= 11 is 0. The molecule has 0 amide bonds. The molecular weight excluding hydrogens is 268 g/mol. The first-order valence-corrected chi connectivity index (χ1v) is 10.0. The van der Waals surface area contributed by atoms with Gasteiger partial charge in [0.1, 0.15) is 0 Å². The van der Waals surface area contributed by atoms with E-state index in [1.165, 1.54) is 19.3 Å². The average Bonchev–Trinajstić information content (AvgIpc) is 2.94. The Morgan fingerprint density at radius 3 is 2.40 bits per heavy atom. The van der Waals surface area contributed by atoms with Gasteiger partial charge in [-0.25, -0.2) is 0 Å². The molecule has 0 aliphatic carbocycles. The molecule has 4 nitrogen and oxygen atoms in total. The summed E-state index contributed by atoms with van der Waals surface area (Å²) in [7, 11) is -2.35. The summed E-state index contributed by atoms with van der Waals surface area (Å²) in [5, 5.41) is 0. The smallest absolute Gasteiger partial charge is 0.369 e. The molecule has 4 unspecified atom stereocenters. The maximum absolute atomic E-state index is 6.46. The lowest BCUT2D eigenvalue weighted by Gasteiger charge is -2.45. The van der Waals surface area contributed by atoms with Crippen molar-refractivity contribution >= 4 is 8.88 Å². The average molecular weight is 299 g/mol. The molecule has 3 aliphatic heterocycles. The van der Waals surface area contributed by atoms with Gasteiger partial charge in [0.25, 0.3) is 0 Å². The minimum absolute atomic E-state index is 0.490. The summed E-state index contributed by atoms with van der Waals surface area (Å²) in [4.78, 5) is 0. The first-order valence-electron chi connectivity index (χ1n) is 8.32. The van der Waals surface area contributed by atoms with Crippen LogP contribution in [0.4, 0.5) is 0 Å². The number of fused-ring (bicyclic) bond motifs is 2. The lowest BCUT2D eigenvalue weighted by atomic mass is 10.0. The molecule has 0 aromatic rings. The summed E-state index contributed by atoms with van der Waals surface area (Å²) in [5.41, 5.74) is 0. The molecule has 0 bridgehead atoms. The second kappa shape index (κ2) is 5.36. The number of hydrogen-bond donors (Lipinski definition) is 0. The summed E-state index contributed by atoms with van der Waals surface area (Å²) < 4.78 is 18.2. The predicted octanol–water partition coefficient (Wildman–Crippen LogP) is 2.46. The summed E-state index contributed by atoms with van der Waals surface area (Å²) in [5.74, 6) is 0.618. The minimum Gasteiger partial charge on any atom is -0.369 e. The second-order valence-electron chi connectivity index (χ2n) is 7.32. The maximum atomic E-state index is 6.46. The standard InChI is InChI=1S/C15H30N2O2Si/c1-11(2)15-10-19-20(16(15)12(3)4)17-13(5)7-6-8-14(17)9-18-20/h11-15H,6-10H2,1-5H3. The van der Waals surface area contributed by atoms with Gasteiger partial charge >= 0.3 is 8.88 Å². The lowest BCUT2D eigenvalue weighted by molar-refractivity contribution is 0.131. The van der Waals surface area contributed by atoms with Crippen LogP contribution in [0.5, 0.6) is 0 Å². The van der Waals surface area contributed by atoms with Crippen LogP contribution in [0.3, 0.4) is 0 Å². The highest BCUT2D eigenvalue weighted by Crippen LogP contribution is 2.42. The van der Waals surface area contributed by atoms with Crippen molar-refractivity contribution in [1.82, 2.24) is 9.13 Å². The SMILES string of the molecule is CC(C)C1CO[Si]2(OCC3CCCC(C)N32)N1C(C)C. The van der Waals surface area contributed by atoms with Crippen LogP contribution in [0.2, 0.25) is 0 Å². The van der Waals surface area contributed by atoms with Crippen molar-refractivity contribution in [3.63, 3.8) is 0 Å². The fourth-order valence-corrected chi connectivity index (χ4v) is 8.88. The molecule has 116 valence electrons. The Bertz CT molecular complexity index is 366. The molecule has 4 atom stereocenters. The highest BCUT2D eigenvalue weighted by molar-refractivity contribution is 6.63. The number of nitrogens with zero attached hydrogens (tertiary/aromatic N) is 2. The van der Waals surface area contributed by atoms with Gasteiger partial charge in [-0.1, -0.05) is 34.1 Å². The van der Waals surface area contributed by atoms with Gasteiger partial charge in [0, 0.05) is 24.2 Å². The molecule has 3 fully saturated rings. The highest BCUT2D eigenvalue weighted by atomic mass is 28.4. The Hall–Kier alpha value is 0.0569. The molecule has 0 radical (unpaired) electrons. The van der Waals surface area contributed by atoms with E-state index in [1.807, 2.05) is 0 Å². The molecule has 20 heavy (non-hydrogen) atoms. The van der Waals surface area contributed by atoms with Crippen molar-refractivity contribution in [1.29, 1.82) is 0 Å². The molecule has 1 spiro atoms. The topological polar surface area (TPSA) is 24.9 Å². The molecule has 3 heterocycles. The van der Waals surface area contributed by atoms with Gasteiger partial charge in [0.05, 0.1) is 13.2 Å². The van der Waals surface area contributed by atoms with Gasteiger partial charge in [0.2, 0.25) is 0 Å². The monoisotopic (exact) mass is 298 g/mol. The maximum Gasteiger partial charge on any atom is 0.523 e. The van der Waals surface area contributed by atoms with E-state index >= 15 is 0 Å². The van der Waals surface area contributed by atoms with E-state index in [0.29, 0.717) is 30.1 Å².